The predicted octanol–water partition coefficient (Wildman–Crippen LogP) is 4.37. The quantitative estimate of drug-likeness (QED) is 0.641. The van der Waals surface area contributed by atoms with Gasteiger partial charge in [-0.2, -0.15) is 0 Å². The van der Waals surface area contributed by atoms with Gasteiger partial charge in [-0.15, -0.1) is 0 Å². The molecule has 2 aromatic carbocycles. The Kier molecular flexibility index (Phi) is 4.64. The average molecular weight is 346 g/mol. The first kappa shape index (κ1) is 17.0. The molecule has 0 atom stereocenters. The highest BCUT2D eigenvalue weighted by molar-refractivity contribution is 6.00. The summed E-state index contributed by atoms with van der Waals surface area (Å²) in [7, 11) is 1.98. The Balaban J connectivity index is 1.47. The second kappa shape index (κ2) is 7.08. The molecule has 3 heteroatoms. The van der Waals surface area contributed by atoms with Crippen LogP contribution in [0.15, 0.2) is 48.5 Å². The summed E-state index contributed by atoms with van der Waals surface area (Å²) in [6, 6.07) is 17.0. The van der Waals surface area contributed by atoms with Crippen molar-refractivity contribution in [2.24, 2.45) is 7.05 Å². The zero-order valence-electron chi connectivity index (χ0n) is 15.7. The van der Waals surface area contributed by atoms with Crippen LogP contribution in [0.4, 0.5) is 0 Å². The van der Waals surface area contributed by atoms with E-state index in [-0.39, 0.29) is 5.78 Å². The lowest BCUT2D eigenvalue weighted by atomic mass is 9.95. The number of carbonyl (C=O) groups is 1. The van der Waals surface area contributed by atoms with Crippen LogP contribution in [-0.4, -0.2) is 28.3 Å². The summed E-state index contributed by atoms with van der Waals surface area (Å²) in [5.41, 5.74) is 6.11. The summed E-state index contributed by atoms with van der Waals surface area (Å²) in [6.45, 7) is 5.53. The molecule has 4 rings (SSSR count). The number of rotatable bonds is 5. The highest BCUT2D eigenvalue weighted by Gasteiger charge is 2.16. The van der Waals surface area contributed by atoms with Crippen LogP contribution in [0, 0.1) is 0 Å². The lowest BCUT2D eigenvalue weighted by Crippen LogP contribution is -2.30. The number of hydrogen-bond donors (Lipinski definition) is 0. The first-order valence-electron chi connectivity index (χ1n) is 9.56. The minimum atomic E-state index is 0.221. The predicted molar refractivity (Wildman–Crippen MR) is 107 cm³/mol. The van der Waals surface area contributed by atoms with Gasteiger partial charge in [0.15, 0.2) is 5.78 Å². The van der Waals surface area contributed by atoms with E-state index in [0.717, 1.165) is 49.1 Å². The SMILES string of the molecule is CCN1CCc2cc(CCC(=O)c3cc4ccccc4n3C)ccc2C1. The van der Waals surface area contributed by atoms with Gasteiger partial charge in [-0.3, -0.25) is 9.69 Å². The molecule has 0 amide bonds. The lowest BCUT2D eigenvalue weighted by molar-refractivity contribution is 0.0975. The van der Waals surface area contributed by atoms with E-state index in [4.69, 9.17) is 0 Å². The van der Waals surface area contributed by atoms with Gasteiger partial charge in [0.1, 0.15) is 0 Å². The number of para-hydroxylation sites is 1. The molecule has 3 aromatic rings. The minimum Gasteiger partial charge on any atom is -0.341 e. The van der Waals surface area contributed by atoms with Crippen LogP contribution in [0.25, 0.3) is 10.9 Å². The summed E-state index contributed by atoms with van der Waals surface area (Å²) >= 11 is 0. The molecule has 3 nitrogen and oxygen atoms in total. The molecule has 0 bridgehead atoms. The third-order valence-corrected chi connectivity index (χ3v) is 5.69. The largest absolute Gasteiger partial charge is 0.341 e. The van der Waals surface area contributed by atoms with E-state index in [0.29, 0.717) is 6.42 Å². The number of Topliss-reactive ketones (excluding diaryl/α,β-unsaturated/α-hetero) is 1. The van der Waals surface area contributed by atoms with E-state index >= 15 is 0 Å². The molecular weight excluding hydrogens is 320 g/mol. The van der Waals surface area contributed by atoms with Crippen molar-refractivity contribution in [2.75, 3.05) is 13.1 Å². The van der Waals surface area contributed by atoms with Crippen molar-refractivity contribution in [1.29, 1.82) is 0 Å². The van der Waals surface area contributed by atoms with Gasteiger partial charge >= 0.3 is 0 Å². The Bertz CT molecular complexity index is 954. The van der Waals surface area contributed by atoms with E-state index in [1.807, 2.05) is 29.8 Å². The summed E-state index contributed by atoms with van der Waals surface area (Å²) in [4.78, 5) is 15.2. The average Bonchev–Trinajstić information content (AvgIpc) is 3.02. The van der Waals surface area contributed by atoms with Crippen molar-refractivity contribution < 1.29 is 4.79 Å². The van der Waals surface area contributed by atoms with E-state index in [2.05, 4.69) is 42.2 Å². The third kappa shape index (κ3) is 3.19. The summed E-state index contributed by atoms with van der Waals surface area (Å²) in [5, 5.41) is 1.13. The number of fused-ring (bicyclic) bond motifs is 2. The third-order valence-electron chi connectivity index (χ3n) is 5.69. The van der Waals surface area contributed by atoms with E-state index < -0.39 is 0 Å². The normalized spacial score (nSPS) is 14.5. The molecule has 0 N–H and O–H groups in total. The van der Waals surface area contributed by atoms with Crippen LogP contribution < -0.4 is 0 Å². The second-order valence-corrected chi connectivity index (χ2v) is 7.29. The van der Waals surface area contributed by atoms with Gasteiger partial charge in [-0.1, -0.05) is 43.3 Å². The van der Waals surface area contributed by atoms with Gasteiger partial charge < -0.3 is 4.57 Å². The maximum absolute atomic E-state index is 12.8. The minimum absolute atomic E-state index is 0.221. The molecule has 2 heterocycles. The van der Waals surface area contributed by atoms with Crippen LogP contribution in [-0.2, 0) is 26.4 Å². The maximum atomic E-state index is 12.8. The number of aryl methyl sites for hydroxylation is 2. The topological polar surface area (TPSA) is 25.2 Å². The molecular formula is C23H26N2O. The number of hydrogen-bond acceptors (Lipinski definition) is 2. The zero-order valence-corrected chi connectivity index (χ0v) is 15.7. The molecule has 134 valence electrons. The lowest BCUT2D eigenvalue weighted by Gasteiger charge is -2.27. The number of ketones is 1. The number of benzene rings is 2. The van der Waals surface area contributed by atoms with Gasteiger partial charge in [0.2, 0.25) is 0 Å². The van der Waals surface area contributed by atoms with Crippen molar-refractivity contribution >= 4 is 16.7 Å². The van der Waals surface area contributed by atoms with Crippen molar-refractivity contribution in [3.05, 3.63) is 70.9 Å². The smallest absolute Gasteiger partial charge is 0.179 e. The summed E-state index contributed by atoms with van der Waals surface area (Å²) in [5.74, 6) is 0.221. The van der Waals surface area contributed by atoms with Gasteiger partial charge in [0.05, 0.1) is 5.69 Å². The van der Waals surface area contributed by atoms with Gasteiger partial charge in [-0.05, 0) is 48.2 Å². The maximum Gasteiger partial charge on any atom is 0.179 e. The summed E-state index contributed by atoms with van der Waals surface area (Å²) in [6.07, 6.45) is 2.49. The van der Waals surface area contributed by atoms with E-state index in [1.165, 1.54) is 16.7 Å². The fraction of sp³-hybridized carbons (Fsp3) is 0.348. The molecule has 26 heavy (non-hydrogen) atoms. The standard InChI is InChI=1S/C23H26N2O/c1-3-25-13-12-18-14-17(8-10-20(18)16-25)9-11-23(26)22-15-19-6-4-5-7-21(19)24(22)2/h4-8,10,14-15H,3,9,11-13,16H2,1-2H3. The fourth-order valence-electron chi connectivity index (χ4n) is 4.03. The monoisotopic (exact) mass is 346 g/mol. The number of aromatic nitrogens is 1. The molecule has 0 saturated carbocycles. The zero-order chi connectivity index (χ0) is 18.1. The molecule has 0 radical (unpaired) electrons. The Morgan fingerprint density at radius 1 is 1.08 bits per heavy atom. The Morgan fingerprint density at radius 3 is 2.73 bits per heavy atom. The van der Waals surface area contributed by atoms with Gasteiger partial charge in [0, 0.05) is 37.5 Å². The summed E-state index contributed by atoms with van der Waals surface area (Å²) < 4.78 is 2.02. The molecule has 0 aliphatic carbocycles. The van der Waals surface area contributed by atoms with Crippen molar-refractivity contribution in [3.63, 3.8) is 0 Å². The molecule has 1 aliphatic rings. The van der Waals surface area contributed by atoms with Crippen LogP contribution in [0.5, 0.6) is 0 Å². The Morgan fingerprint density at radius 2 is 1.92 bits per heavy atom. The second-order valence-electron chi connectivity index (χ2n) is 7.29. The highest BCUT2D eigenvalue weighted by atomic mass is 16.1. The van der Waals surface area contributed by atoms with Crippen molar-refractivity contribution in [2.45, 2.75) is 32.7 Å². The molecule has 0 unspecified atom stereocenters. The molecule has 0 fully saturated rings. The van der Waals surface area contributed by atoms with E-state index in [1.54, 1.807) is 0 Å². The first-order chi connectivity index (χ1) is 12.7. The number of likely N-dealkylation sites (N-methyl/N-ethyl adjacent to an activating group) is 1. The van der Waals surface area contributed by atoms with Crippen molar-refractivity contribution in [1.82, 2.24) is 9.47 Å². The molecule has 1 aromatic heterocycles. The first-order valence-corrected chi connectivity index (χ1v) is 9.56. The van der Waals surface area contributed by atoms with Gasteiger partial charge in [0.25, 0.3) is 0 Å². The number of nitrogens with zero attached hydrogens (tertiary/aromatic N) is 2. The van der Waals surface area contributed by atoms with Crippen LogP contribution in [0.1, 0.15) is 40.5 Å². The molecule has 0 spiro atoms. The van der Waals surface area contributed by atoms with Crippen LogP contribution in [0.2, 0.25) is 0 Å². The van der Waals surface area contributed by atoms with Gasteiger partial charge in [-0.25, -0.2) is 0 Å². The highest BCUT2D eigenvalue weighted by Crippen LogP contribution is 2.23. The Hall–Kier alpha value is -2.39. The fourth-order valence-corrected chi connectivity index (χ4v) is 4.03. The van der Waals surface area contributed by atoms with Crippen molar-refractivity contribution in [3.8, 4) is 0 Å². The molecule has 1 aliphatic heterocycles. The van der Waals surface area contributed by atoms with Crippen LogP contribution in [0.3, 0.4) is 0 Å². The molecule has 0 saturated heterocycles. The Labute approximate surface area is 155 Å². The van der Waals surface area contributed by atoms with E-state index in [9.17, 15) is 4.79 Å². The van der Waals surface area contributed by atoms with Crippen LogP contribution >= 0.6 is 0 Å². The number of carbonyl (C=O) groups excluding carboxylic acids is 1.